The maximum atomic E-state index is 13.3. The zero-order valence-electron chi connectivity index (χ0n) is 17.7. The van der Waals surface area contributed by atoms with Crippen molar-refractivity contribution in [2.45, 2.75) is 78.4 Å². The van der Waals surface area contributed by atoms with Gasteiger partial charge in [-0.2, -0.15) is 0 Å². The number of hydrogen-bond acceptors (Lipinski definition) is 5. The van der Waals surface area contributed by atoms with Crippen LogP contribution < -0.4 is 0 Å². The molecule has 1 saturated heterocycles. The first-order valence-corrected chi connectivity index (χ1v) is 9.82. The van der Waals surface area contributed by atoms with E-state index < -0.39 is 17.6 Å². The number of hydrogen-bond donors (Lipinski definition) is 0. The maximum absolute atomic E-state index is 13.3. The summed E-state index contributed by atoms with van der Waals surface area (Å²) in [6.07, 6.45) is 0.392. The number of esters is 1. The average molecular weight is 389 g/mol. The molecule has 1 fully saturated rings. The standard InChI is InChI=1S/C22H31NO5/c1-7-17-13-27-21(26)23(17)20(25)18(10-11-19(24)28-22(4,5)6)16-9-8-14(2)15(3)12-16/h8-9,12,17-18H,7,10-11,13H2,1-6H3. The normalized spacial score (nSPS) is 18.0. The lowest BCUT2D eigenvalue weighted by molar-refractivity contribution is -0.155. The van der Waals surface area contributed by atoms with Crippen molar-refractivity contribution in [2.75, 3.05) is 6.61 Å². The molecule has 28 heavy (non-hydrogen) atoms. The molecule has 0 radical (unpaired) electrons. The molecule has 0 bridgehead atoms. The number of rotatable bonds is 6. The second-order valence-corrected chi connectivity index (χ2v) is 8.37. The van der Waals surface area contributed by atoms with Crippen molar-refractivity contribution in [3.8, 4) is 0 Å². The lowest BCUT2D eigenvalue weighted by Gasteiger charge is -2.25. The first-order valence-electron chi connectivity index (χ1n) is 9.82. The Kier molecular flexibility index (Phi) is 6.86. The summed E-state index contributed by atoms with van der Waals surface area (Å²) < 4.78 is 10.5. The number of nitrogens with zero attached hydrogens (tertiary/aromatic N) is 1. The van der Waals surface area contributed by atoms with Crippen LogP contribution in [0.2, 0.25) is 0 Å². The Morgan fingerprint density at radius 2 is 1.93 bits per heavy atom. The number of carbonyl (C=O) groups is 3. The fraction of sp³-hybridized carbons (Fsp3) is 0.591. The van der Waals surface area contributed by atoms with Gasteiger partial charge in [-0.3, -0.25) is 9.59 Å². The van der Waals surface area contributed by atoms with Crippen LogP contribution >= 0.6 is 0 Å². The highest BCUT2D eigenvalue weighted by molar-refractivity contribution is 5.97. The smallest absolute Gasteiger partial charge is 0.416 e. The number of benzene rings is 1. The molecule has 6 heteroatoms. The minimum atomic E-state index is -0.608. The fourth-order valence-electron chi connectivity index (χ4n) is 3.27. The molecule has 2 amide bonds. The van der Waals surface area contributed by atoms with Crippen LogP contribution in [0.1, 0.15) is 69.6 Å². The topological polar surface area (TPSA) is 72.9 Å². The van der Waals surface area contributed by atoms with E-state index in [1.807, 2.05) is 59.7 Å². The largest absolute Gasteiger partial charge is 0.460 e. The molecule has 1 aromatic carbocycles. The minimum Gasteiger partial charge on any atom is -0.460 e. The molecular weight excluding hydrogens is 358 g/mol. The van der Waals surface area contributed by atoms with E-state index in [-0.39, 0.29) is 37.4 Å². The summed E-state index contributed by atoms with van der Waals surface area (Å²) >= 11 is 0. The van der Waals surface area contributed by atoms with Gasteiger partial charge in [0.25, 0.3) is 0 Å². The number of aryl methyl sites for hydroxylation is 2. The second kappa shape index (κ2) is 8.76. The number of amides is 2. The van der Waals surface area contributed by atoms with Crippen LogP contribution in [0.4, 0.5) is 4.79 Å². The van der Waals surface area contributed by atoms with Gasteiger partial charge in [-0.25, -0.2) is 9.69 Å². The summed E-state index contributed by atoms with van der Waals surface area (Å²) in [5, 5.41) is 0. The van der Waals surface area contributed by atoms with Crippen molar-refractivity contribution in [3.05, 3.63) is 34.9 Å². The summed E-state index contributed by atoms with van der Waals surface area (Å²) in [7, 11) is 0. The number of cyclic esters (lactones) is 1. The molecule has 1 aliphatic heterocycles. The monoisotopic (exact) mass is 389 g/mol. The van der Waals surface area contributed by atoms with E-state index in [0.717, 1.165) is 16.7 Å². The first kappa shape index (κ1) is 21.9. The van der Waals surface area contributed by atoms with Crippen LogP contribution in [-0.4, -0.2) is 41.1 Å². The molecule has 0 aromatic heterocycles. The van der Waals surface area contributed by atoms with Gasteiger partial charge in [0, 0.05) is 6.42 Å². The summed E-state index contributed by atoms with van der Waals surface area (Å²) in [4.78, 5) is 38.9. The van der Waals surface area contributed by atoms with Crippen LogP contribution in [0, 0.1) is 13.8 Å². The third-order valence-corrected chi connectivity index (χ3v) is 4.96. The zero-order valence-corrected chi connectivity index (χ0v) is 17.7. The van der Waals surface area contributed by atoms with Crippen LogP contribution in [0.3, 0.4) is 0 Å². The number of carbonyl (C=O) groups excluding carboxylic acids is 3. The molecule has 2 rings (SSSR count). The minimum absolute atomic E-state index is 0.0975. The summed E-state index contributed by atoms with van der Waals surface area (Å²) in [6.45, 7) is 11.5. The van der Waals surface area contributed by atoms with Gasteiger partial charge in [0.15, 0.2) is 0 Å². The lowest BCUT2D eigenvalue weighted by Crippen LogP contribution is -2.41. The summed E-state index contributed by atoms with van der Waals surface area (Å²) in [5.41, 5.74) is 2.40. The predicted octanol–water partition coefficient (Wildman–Crippen LogP) is 4.27. The highest BCUT2D eigenvalue weighted by atomic mass is 16.6. The quantitative estimate of drug-likeness (QED) is 0.680. The Morgan fingerprint density at radius 3 is 2.50 bits per heavy atom. The van der Waals surface area contributed by atoms with Gasteiger partial charge in [-0.1, -0.05) is 25.1 Å². The number of imide groups is 1. The van der Waals surface area contributed by atoms with Crippen molar-refractivity contribution < 1.29 is 23.9 Å². The molecule has 2 atom stereocenters. The molecule has 0 spiro atoms. The van der Waals surface area contributed by atoms with E-state index in [2.05, 4.69) is 0 Å². The molecule has 1 aromatic rings. The van der Waals surface area contributed by atoms with Crippen molar-refractivity contribution in [1.29, 1.82) is 0 Å². The molecule has 0 N–H and O–H groups in total. The maximum Gasteiger partial charge on any atom is 0.416 e. The molecule has 1 aliphatic rings. The number of ether oxygens (including phenoxy) is 2. The van der Waals surface area contributed by atoms with Gasteiger partial charge in [0.05, 0.1) is 12.0 Å². The van der Waals surface area contributed by atoms with E-state index >= 15 is 0 Å². The molecule has 0 aliphatic carbocycles. The van der Waals surface area contributed by atoms with E-state index in [0.29, 0.717) is 6.42 Å². The zero-order chi connectivity index (χ0) is 21.1. The Balaban J connectivity index is 2.27. The van der Waals surface area contributed by atoms with E-state index in [1.165, 1.54) is 4.90 Å². The van der Waals surface area contributed by atoms with E-state index in [1.54, 1.807) is 0 Å². The Bertz CT molecular complexity index is 750. The van der Waals surface area contributed by atoms with Crippen LogP contribution in [0.15, 0.2) is 18.2 Å². The first-order chi connectivity index (χ1) is 13.0. The van der Waals surface area contributed by atoms with E-state index in [4.69, 9.17) is 9.47 Å². The summed E-state index contributed by atoms with van der Waals surface area (Å²) in [5.74, 6) is -1.28. The average Bonchev–Trinajstić information content (AvgIpc) is 2.97. The molecule has 1 heterocycles. The molecular formula is C22H31NO5. The van der Waals surface area contributed by atoms with Gasteiger partial charge in [-0.15, -0.1) is 0 Å². The fourth-order valence-corrected chi connectivity index (χ4v) is 3.27. The van der Waals surface area contributed by atoms with Gasteiger partial charge in [0.1, 0.15) is 12.2 Å². The molecule has 154 valence electrons. The predicted molar refractivity (Wildman–Crippen MR) is 106 cm³/mol. The second-order valence-electron chi connectivity index (χ2n) is 8.37. The Hall–Kier alpha value is -2.37. The summed E-state index contributed by atoms with van der Waals surface area (Å²) in [6, 6.07) is 5.53. The molecule has 6 nitrogen and oxygen atoms in total. The van der Waals surface area contributed by atoms with Crippen LogP contribution in [0.5, 0.6) is 0 Å². The SMILES string of the molecule is CCC1COC(=O)N1C(=O)C(CCC(=O)OC(C)(C)C)c1ccc(C)c(C)c1. The van der Waals surface area contributed by atoms with Crippen molar-refractivity contribution >= 4 is 18.0 Å². The van der Waals surface area contributed by atoms with Gasteiger partial charge < -0.3 is 9.47 Å². The van der Waals surface area contributed by atoms with Gasteiger partial charge >= 0.3 is 12.1 Å². The van der Waals surface area contributed by atoms with E-state index in [9.17, 15) is 14.4 Å². The molecule has 0 saturated carbocycles. The van der Waals surface area contributed by atoms with Crippen molar-refractivity contribution in [2.24, 2.45) is 0 Å². The Morgan fingerprint density at radius 1 is 1.25 bits per heavy atom. The van der Waals surface area contributed by atoms with Gasteiger partial charge in [-0.05, 0) is 64.2 Å². The van der Waals surface area contributed by atoms with Gasteiger partial charge in [0.2, 0.25) is 5.91 Å². The highest BCUT2D eigenvalue weighted by Crippen LogP contribution is 2.29. The van der Waals surface area contributed by atoms with Crippen molar-refractivity contribution in [3.63, 3.8) is 0 Å². The Labute approximate surface area is 167 Å². The molecule has 2 unspecified atom stereocenters. The third-order valence-electron chi connectivity index (χ3n) is 4.96. The lowest BCUT2D eigenvalue weighted by atomic mass is 9.90. The highest BCUT2D eigenvalue weighted by Gasteiger charge is 2.40. The van der Waals surface area contributed by atoms with Crippen LogP contribution in [0.25, 0.3) is 0 Å². The van der Waals surface area contributed by atoms with Crippen molar-refractivity contribution in [1.82, 2.24) is 4.90 Å². The third kappa shape index (κ3) is 5.33. The van der Waals surface area contributed by atoms with Crippen LogP contribution in [-0.2, 0) is 19.1 Å².